The number of ether oxygens (including phenoxy) is 2. The Morgan fingerprint density at radius 1 is 0.957 bits per heavy atom. The molecular formula is C36H41N3O6S. The summed E-state index contributed by atoms with van der Waals surface area (Å²) in [5.41, 5.74) is 17.5. The maximum absolute atomic E-state index is 13.6. The number of benzene rings is 3. The minimum atomic E-state index is -4.48. The van der Waals surface area contributed by atoms with Crippen LogP contribution in [-0.4, -0.2) is 35.9 Å². The fourth-order valence-corrected chi connectivity index (χ4v) is 9.50. The smallest absolute Gasteiger partial charge is 0.268 e. The highest BCUT2D eigenvalue weighted by Crippen LogP contribution is 2.53. The molecule has 0 aromatic heterocycles. The number of phenols is 1. The van der Waals surface area contributed by atoms with Crippen LogP contribution in [0.4, 0.5) is 0 Å². The molecule has 0 radical (unpaired) electrons. The molecule has 8 atom stereocenters. The summed E-state index contributed by atoms with van der Waals surface area (Å²) in [6, 6.07) is 20.9. The number of fused-ring (bicyclic) bond motifs is 4. The van der Waals surface area contributed by atoms with Gasteiger partial charge in [0.2, 0.25) is 6.23 Å². The molecule has 6 N–H and O–H groups in total. The lowest BCUT2D eigenvalue weighted by Gasteiger charge is -2.42. The second-order valence-electron chi connectivity index (χ2n) is 13.4. The first-order valence-corrected chi connectivity index (χ1v) is 17.6. The summed E-state index contributed by atoms with van der Waals surface area (Å²) < 4.78 is 51.0. The highest BCUT2D eigenvalue weighted by atomic mass is 32.2. The molecule has 3 aromatic rings. The molecule has 8 bridgehead atoms. The topological polar surface area (TPSA) is 157 Å². The van der Waals surface area contributed by atoms with Crippen LogP contribution in [0.3, 0.4) is 0 Å². The van der Waals surface area contributed by atoms with E-state index in [0.717, 1.165) is 59.1 Å². The third kappa shape index (κ3) is 5.89. The zero-order valence-electron chi connectivity index (χ0n) is 25.8. The first-order chi connectivity index (χ1) is 22.0. The Balaban J connectivity index is 1.42. The Morgan fingerprint density at radius 2 is 1.67 bits per heavy atom. The van der Waals surface area contributed by atoms with E-state index in [1.807, 2.05) is 54.6 Å². The maximum atomic E-state index is 13.6. The molecule has 6 aliphatic rings. The van der Waals surface area contributed by atoms with Crippen molar-refractivity contribution in [1.82, 2.24) is 0 Å². The Morgan fingerprint density at radius 3 is 2.39 bits per heavy atom. The van der Waals surface area contributed by atoms with Crippen molar-refractivity contribution < 1.29 is 27.6 Å². The molecule has 10 heteroatoms. The van der Waals surface area contributed by atoms with Gasteiger partial charge in [0.15, 0.2) is 5.96 Å². The van der Waals surface area contributed by atoms with Crippen molar-refractivity contribution in [3.63, 3.8) is 0 Å². The van der Waals surface area contributed by atoms with E-state index in [0.29, 0.717) is 18.8 Å². The van der Waals surface area contributed by atoms with Crippen LogP contribution < -0.4 is 16.2 Å². The average Bonchev–Trinajstić information content (AvgIpc) is 3.18. The predicted octanol–water partition coefficient (Wildman–Crippen LogP) is 5.88. The summed E-state index contributed by atoms with van der Waals surface area (Å²) in [6.07, 6.45) is 4.46. The number of rotatable bonds is 3. The molecule has 4 aliphatic heterocycles. The van der Waals surface area contributed by atoms with E-state index in [2.05, 4.69) is 18.0 Å². The highest BCUT2D eigenvalue weighted by molar-refractivity contribution is 7.86. The van der Waals surface area contributed by atoms with Gasteiger partial charge in [-0.3, -0.25) is 4.55 Å². The Hall–Kier alpha value is -3.86. The van der Waals surface area contributed by atoms with Gasteiger partial charge in [-0.15, -0.1) is 0 Å². The van der Waals surface area contributed by atoms with Crippen molar-refractivity contribution in [3.05, 3.63) is 106 Å². The van der Waals surface area contributed by atoms with Crippen molar-refractivity contribution in [1.29, 1.82) is 0 Å². The zero-order chi connectivity index (χ0) is 32.2. The van der Waals surface area contributed by atoms with E-state index >= 15 is 0 Å². The van der Waals surface area contributed by atoms with Crippen LogP contribution in [0.1, 0.15) is 84.6 Å². The molecule has 2 aliphatic carbocycles. The van der Waals surface area contributed by atoms with Crippen molar-refractivity contribution in [2.45, 2.75) is 68.4 Å². The van der Waals surface area contributed by atoms with Crippen molar-refractivity contribution in [3.8, 4) is 11.5 Å². The standard InChI is InChI=1S/C36H41N3O6S/c1-20-2-3-24-17-28-12-13-29(24)30(20)19-32(46(41,42)43)31-18-26-16-25(14-15-44-34(26)22-8-10-27(40)11-9-22)33(31)21-4-6-23(7-5-21)35(45-28)39-36(37)38/h4-13,17-18,20,25,30-35,40H,2-3,14-16,19H2,1H3,(H4,37,38,39)(H,41,42,43)/t20-,25-,30+,31+,32?,33+,34-,35+/m0/s1. The number of aryl methyl sites for hydroxylation is 1. The SMILES string of the molecule is C[C@H]1CCc2cc3ccc2[C@@H]1CC(S(=O)(=O)O)[C@H]1C=C2C[C@H](CCO[C@H]2c2ccc(O)cc2)[C@H]1c1ccc(cc1)[C@H](N=C(N)N)O3. The van der Waals surface area contributed by atoms with E-state index in [9.17, 15) is 18.1 Å². The van der Waals surface area contributed by atoms with Gasteiger partial charge in [0, 0.05) is 18.1 Å². The Kier molecular flexibility index (Phi) is 8.07. The fourth-order valence-electron chi connectivity index (χ4n) is 8.40. The third-order valence-electron chi connectivity index (χ3n) is 10.6. The number of phenolic OH excluding ortho intramolecular Hbond substituents is 1. The van der Waals surface area contributed by atoms with E-state index in [4.69, 9.17) is 20.9 Å². The number of nitrogens with two attached hydrogens (primary N) is 2. The van der Waals surface area contributed by atoms with Gasteiger partial charge in [0.25, 0.3) is 10.1 Å². The van der Waals surface area contributed by atoms with Gasteiger partial charge in [-0.1, -0.05) is 55.5 Å². The number of hydrogen-bond acceptors (Lipinski definition) is 6. The quantitative estimate of drug-likeness (QED) is 0.119. The van der Waals surface area contributed by atoms with Crippen LogP contribution in [0.15, 0.2) is 83.4 Å². The second-order valence-corrected chi connectivity index (χ2v) is 15.0. The first kappa shape index (κ1) is 30.8. The fraction of sp³-hybridized carbons (Fsp3) is 0.417. The molecule has 9 rings (SSSR count). The van der Waals surface area contributed by atoms with E-state index in [1.165, 1.54) is 0 Å². The third-order valence-corrected chi connectivity index (χ3v) is 11.9. The van der Waals surface area contributed by atoms with Gasteiger partial charge in [-0.2, -0.15) is 8.42 Å². The van der Waals surface area contributed by atoms with Crippen LogP contribution in [0.2, 0.25) is 0 Å². The molecule has 0 spiro atoms. The molecule has 1 fully saturated rings. The molecule has 3 aromatic carbocycles. The maximum Gasteiger partial charge on any atom is 0.268 e. The number of aromatic hydroxyl groups is 1. The molecular weight excluding hydrogens is 602 g/mol. The molecule has 4 heterocycles. The molecule has 1 saturated heterocycles. The monoisotopic (exact) mass is 643 g/mol. The van der Waals surface area contributed by atoms with E-state index in [-0.39, 0.29) is 41.5 Å². The van der Waals surface area contributed by atoms with Gasteiger partial charge >= 0.3 is 0 Å². The minimum Gasteiger partial charge on any atom is -0.508 e. The van der Waals surface area contributed by atoms with Crippen LogP contribution >= 0.6 is 0 Å². The largest absolute Gasteiger partial charge is 0.508 e. The van der Waals surface area contributed by atoms with Crippen LogP contribution in [0, 0.1) is 17.8 Å². The van der Waals surface area contributed by atoms with Gasteiger partial charge in [0.05, 0.1) is 5.25 Å². The first-order valence-electron chi connectivity index (χ1n) is 16.1. The van der Waals surface area contributed by atoms with Gasteiger partial charge in [-0.25, -0.2) is 4.99 Å². The summed E-state index contributed by atoms with van der Waals surface area (Å²) in [5.74, 6) is 0.279. The van der Waals surface area contributed by atoms with Crippen LogP contribution in [0.5, 0.6) is 11.5 Å². The van der Waals surface area contributed by atoms with Crippen molar-refractivity contribution >= 4 is 16.1 Å². The summed E-state index contributed by atoms with van der Waals surface area (Å²) in [5, 5.41) is 8.90. The number of hydrogen-bond donors (Lipinski definition) is 4. The minimum absolute atomic E-state index is 0.0720. The number of aliphatic imine (C=N–C) groups is 1. The lowest BCUT2D eigenvalue weighted by Crippen LogP contribution is -2.40. The molecule has 46 heavy (non-hydrogen) atoms. The van der Waals surface area contributed by atoms with Gasteiger partial charge in [-0.05, 0) is 108 Å². The van der Waals surface area contributed by atoms with Crippen molar-refractivity contribution in [2.24, 2.45) is 34.2 Å². The normalized spacial score (nSPS) is 30.5. The van der Waals surface area contributed by atoms with E-state index in [1.54, 1.807) is 12.1 Å². The zero-order valence-corrected chi connectivity index (χ0v) is 26.6. The van der Waals surface area contributed by atoms with Crippen LogP contribution in [-0.2, 0) is 21.3 Å². The molecule has 242 valence electrons. The second kappa shape index (κ2) is 12.1. The Bertz CT molecular complexity index is 1770. The lowest BCUT2D eigenvalue weighted by molar-refractivity contribution is 0.0813. The molecule has 1 unspecified atom stereocenters. The molecule has 0 saturated carbocycles. The molecule has 0 amide bonds. The predicted molar refractivity (Wildman–Crippen MR) is 176 cm³/mol. The highest BCUT2D eigenvalue weighted by Gasteiger charge is 2.47. The van der Waals surface area contributed by atoms with Gasteiger partial charge < -0.3 is 26.0 Å². The lowest BCUT2D eigenvalue weighted by atomic mass is 9.65. The summed E-state index contributed by atoms with van der Waals surface area (Å²) in [7, 11) is -4.48. The summed E-state index contributed by atoms with van der Waals surface area (Å²) in [6.45, 7) is 2.67. The number of nitrogens with zero attached hydrogens (tertiary/aromatic N) is 1. The summed E-state index contributed by atoms with van der Waals surface area (Å²) in [4.78, 5) is 4.40. The molecule has 9 nitrogen and oxygen atoms in total. The van der Waals surface area contributed by atoms with E-state index < -0.39 is 27.5 Å². The van der Waals surface area contributed by atoms with Crippen molar-refractivity contribution in [2.75, 3.05) is 6.61 Å². The van der Waals surface area contributed by atoms with Gasteiger partial charge in [0.1, 0.15) is 17.6 Å². The van der Waals surface area contributed by atoms with Crippen LogP contribution in [0.25, 0.3) is 0 Å². The average molecular weight is 644 g/mol. The Labute approximate surface area is 270 Å². The summed E-state index contributed by atoms with van der Waals surface area (Å²) >= 11 is 0. The number of allylic oxidation sites excluding steroid dienone is 1. The number of guanidine groups is 1.